The number of amidine groups is 1. The summed E-state index contributed by atoms with van der Waals surface area (Å²) in [7, 11) is 1.67. The first-order valence-electron chi connectivity index (χ1n) is 7.73. The van der Waals surface area contributed by atoms with Gasteiger partial charge < -0.3 is 5.32 Å². The minimum Gasteiger partial charge on any atom is -0.326 e. The van der Waals surface area contributed by atoms with Crippen molar-refractivity contribution < 1.29 is 9.59 Å². The highest BCUT2D eigenvalue weighted by atomic mass is 32.2. The van der Waals surface area contributed by atoms with E-state index in [-0.39, 0.29) is 18.2 Å². The lowest BCUT2D eigenvalue weighted by Gasteiger charge is -2.10. The number of thioether (sulfide) groups is 1. The Morgan fingerprint density at radius 3 is 2.84 bits per heavy atom. The average molecular weight is 374 g/mol. The summed E-state index contributed by atoms with van der Waals surface area (Å²) in [6, 6.07) is 5.76. The van der Waals surface area contributed by atoms with E-state index in [4.69, 9.17) is 0 Å². The number of hydrogen-bond donors (Lipinski definition) is 1. The van der Waals surface area contributed by atoms with Crippen LogP contribution in [0, 0.1) is 13.8 Å². The fraction of sp³-hybridized carbons (Fsp3) is 0.294. The van der Waals surface area contributed by atoms with Gasteiger partial charge in [-0.2, -0.15) is 4.99 Å². The number of anilines is 1. The lowest BCUT2D eigenvalue weighted by atomic mass is 10.1. The number of thiazole rings is 1. The Morgan fingerprint density at radius 1 is 1.36 bits per heavy atom. The first kappa shape index (κ1) is 17.6. The van der Waals surface area contributed by atoms with Crippen LogP contribution in [-0.2, 0) is 9.59 Å². The minimum absolute atomic E-state index is 0.109. The molecule has 1 saturated heterocycles. The summed E-state index contributed by atoms with van der Waals surface area (Å²) >= 11 is 2.71. The molecule has 2 heterocycles. The Morgan fingerprint density at radius 2 is 2.16 bits per heavy atom. The van der Waals surface area contributed by atoms with E-state index in [1.165, 1.54) is 33.6 Å². The highest BCUT2D eigenvalue weighted by Gasteiger charge is 2.37. The maximum absolute atomic E-state index is 12.4. The van der Waals surface area contributed by atoms with Gasteiger partial charge in [0.2, 0.25) is 16.9 Å². The van der Waals surface area contributed by atoms with Gasteiger partial charge in [-0.05, 0) is 37.1 Å². The molecule has 1 fully saturated rings. The van der Waals surface area contributed by atoms with Crippen molar-refractivity contribution in [2.75, 3.05) is 12.4 Å². The molecule has 1 atom stereocenters. The first-order chi connectivity index (χ1) is 11.9. The Kier molecular flexibility index (Phi) is 5.19. The number of aryl methyl sites for hydroxylation is 2. The van der Waals surface area contributed by atoms with Crippen LogP contribution in [0.25, 0.3) is 0 Å². The predicted octanol–water partition coefficient (Wildman–Crippen LogP) is 3.35. The second-order valence-corrected chi connectivity index (χ2v) is 7.81. The number of aliphatic imine (C=N–C) groups is 1. The first-order valence-corrected chi connectivity index (χ1v) is 9.49. The summed E-state index contributed by atoms with van der Waals surface area (Å²) in [6.07, 6.45) is 1.78. The normalized spacial score (nSPS) is 18.8. The monoisotopic (exact) mass is 374 g/mol. The van der Waals surface area contributed by atoms with E-state index in [1.54, 1.807) is 13.2 Å². The van der Waals surface area contributed by atoms with Crippen LogP contribution < -0.4 is 5.32 Å². The molecule has 1 aromatic heterocycles. The van der Waals surface area contributed by atoms with Gasteiger partial charge in [-0.25, -0.2) is 4.98 Å². The van der Waals surface area contributed by atoms with Crippen molar-refractivity contribution in [1.82, 2.24) is 9.88 Å². The molecule has 2 amide bonds. The van der Waals surface area contributed by atoms with E-state index >= 15 is 0 Å². The third-order valence-electron chi connectivity index (χ3n) is 3.91. The van der Waals surface area contributed by atoms with Crippen LogP contribution in [0.3, 0.4) is 0 Å². The third kappa shape index (κ3) is 4.08. The second-order valence-electron chi connectivity index (χ2n) is 5.76. The summed E-state index contributed by atoms with van der Waals surface area (Å²) in [6.45, 7) is 4.02. The molecule has 1 N–H and O–H groups in total. The molecule has 130 valence electrons. The Hall–Kier alpha value is -2.19. The number of hydrogen-bond acceptors (Lipinski definition) is 6. The molecule has 0 radical (unpaired) electrons. The van der Waals surface area contributed by atoms with Crippen LogP contribution in [-0.4, -0.2) is 39.2 Å². The van der Waals surface area contributed by atoms with Gasteiger partial charge in [0.15, 0.2) is 5.17 Å². The van der Waals surface area contributed by atoms with Crippen LogP contribution in [0.1, 0.15) is 17.5 Å². The molecule has 0 spiro atoms. The molecule has 1 aromatic carbocycles. The molecule has 0 saturated carbocycles. The van der Waals surface area contributed by atoms with E-state index in [1.807, 2.05) is 37.4 Å². The third-order valence-corrected chi connectivity index (χ3v) is 5.81. The topological polar surface area (TPSA) is 74.7 Å². The van der Waals surface area contributed by atoms with Crippen LogP contribution in [0.5, 0.6) is 0 Å². The van der Waals surface area contributed by atoms with Crippen LogP contribution in [0.2, 0.25) is 0 Å². The van der Waals surface area contributed by atoms with Gasteiger partial charge in [-0.15, -0.1) is 11.3 Å². The van der Waals surface area contributed by atoms with Crippen molar-refractivity contribution in [1.29, 1.82) is 0 Å². The molecule has 0 aliphatic carbocycles. The smallest absolute Gasteiger partial charge is 0.242 e. The number of nitrogens with one attached hydrogen (secondary N) is 1. The zero-order valence-electron chi connectivity index (χ0n) is 14.1. The Labute approximate surface area is 154 Å². The number of carbonyl (C=O) groups is 2. The SMILES string of the molecule is Cc1ccc(NC(=O)C[C@H]2SC(=Nc3nccs3)N(C)C2=O)cc1C. The standard InChI is InChI=1S/C17H18N4O2S2/c1-10-4-5-12(8-11(10)2)19-14(22)9-13-15(23)21(3)17(25-13)20-16-18-6-7-24-16/h4-8,13H,9H2,1-3H3,(H,19,22)/t13-/m1/s1. The van der Waals surface area contributed by atoms with Gasteiger partial charge in [-0.3, -0.25) is 14.5 Å². The zero-order valence-corrected chi connectivity index (χ0v) is 15.8. The zero-order chi connectivity index (χ0) is 18.0. The number of carbonyl (C=O) groups excluding carboxylic acids is 2. The second kappa shape index (κ2) is 7.37. The van der Waals surface area contributed by atoms with E-state index in [0.717, 1.165) is 11.3 Å². The molecule has 2 aromatic rings. The molecule has 0 bridgehead atoms. The van der Waals surface area contributed by atoms with Gasteiger partial charge in [0, 0.05) is 30.7 Å². The van der Waals surface area contributed by atoms with Crippen molar-refractivity contribution in [3.05, 3.63) is 40.9 Å². The molecule has 3 rings (SSSR count). The maximum atomic E-state index is 12.4. The summed E-state index contributed by atoms with van der Waals surface area (Å²) in [4.78, 5) is 34.6. The lowest BCUT2D eigenvalue weighted by molar-refractivity contribution is -0.127. The quantitative estimate of drug-likeness (QED) is 0.890. The fourth-order valence-electron chi connectivity index (χ4n) is 2.35. The molecule has 0 unspecified atom stereocenters. The van der Waals surface area contributed by atoms with Crippen molar-refractivity contribution in [3.63, 3.8) is 0 Å². The largest absolute Gasteiger partial charge is 0.326 e. The highest BCUT2D eigenvalue weighted by molar-refractivity contribution is 8.15. The number of aromatic nitrogens is 1. The molecule has 8 heteroatoms. The predicted molar refractivity (Wildman–Crippen MR) is 103 cm³/mol. The van der Waals surface area contributed by atoms with Gasteiger partial charge in [0.1, 0.15) is 5.25 Å². The molecule has 6 nitrogen and oxygen atoms in total. The van der Waals surface area contributed by atoms with E-state index in [2.05, 4.69) is 15.3 Å². The summed E-state index contributed by atoms with van der Waals surface area (Å²) in [5, 5.41) is 5.40. The van der Waals surface area contributed by atoms with E-state index < -0.39 is 5.25 Å². The summed E-state index contributed by atoms with van der Waals surface area (Å²) in [5.41, 5.74) is 3.03. The maximum Gasteiger partial charge on any atom is 0.242 e. The molecular formula is C17H18N4O2S2. The van der Waals surface area contributed by atoms with E-state index in [9.17, 15) is 9.59 Å². The number of rotatable bonds is 4. The Bertz CT molecular complexity index is 833. The van der Waals surface area contributed by atoms with Crippen molar-refractivity contribution >= 4 is 50.9 Å². The molecular weight excluding hydrogens is 356 g/mol. The van der Waals surface area contributed by atoms with Crippen LogP contribution in [0.15, 0.2) is 34.8 Å². The molecule has 1 aliphatic heterocycles. The van der Waals surface area contributed by atoms with Gasteiger partial charge in [-0.1, -0.05) is 17.8 Å². The number of amides is 2. The van der Waals surface area contributed by atoms with Gasteiger partial charge >= 0.3 is 0 Å². The Balaban J connectivity index is 1.65. The summed E-state index contributed by atoms with van der Waals surface area (Å²) < 4.78 is 0. The fourth-order valence-corrected chi connectivity index (χ4v) is 4.05. The van der Waals surface area contributed by atoms with Crippen molar-refractivity contribution in [3.8, 4) is 0 Å². The summed E-state index contributed by atoms with van der Waals surface area (Å²) in [5.74, 6) is -0.298. The molecule has 1 aliphatic rings. The highest BCUT2D eigenvalue weighted by Crippen LogP contribution is 2.31. The van der Waals surface area contributed by atoms with Crippen LogP contribution >= 0.6 is 23.1 Å². The lowest BCUT2D eigenvalue weighted by Crippen LogP contribution is -2.30. The number of nitrogens with zero attached hydrogens (tertiary/aromatic N) is 3. The molecule has 25 heavy (non-hydrogen) atoms. The van der Waals surface area contributed by atoms with Crippen molar-refractivity contribution in [2.45, 2.75) is 25.5 Å². The van der Waals surface area contributed by atoms with Gasteiger partial charge in [0.25, 0.3) is 0 Å². The minimum atomic E-state index is -0.463. The van der Waals surface area contributed by atoms with Gasteiger partial charge in [0.05, 0.1) is 0 Å². The van der Waals surface area contributed by atoms with E-state index in [0.29, 0.717) is 10.3 Å². The average Bonchev–Trinajstić information content (AvgIpc) is 3.16. The van der Waals surface area contributed by atoms with Crippen LogP contribution in [0.4, 0.5) is 10.8 Å². The van der Waals surface area contributed by atoms with Crippen molar-refractivity contribution in [2.24, 2.45) is 4.99 Å². The number of benzene rings is 1.